The van der Waals surface area contributed by atoms with Gasteiger partial charge in [-0.2, -0.15) is 5.10 Å². The van der Waals surface area contributed by atoms with Crippen molar-refractivity contribution in [3.05, 3.63) is 59.2 Å². The van der Waals surface area contributed by atoms with E-state index in [1.54, 1.807) is 4.68 Å². The number of carbonyl (C=O) groups is 1. The molecule has 0 atom stereocenters. The number of para-hydroxylation sites is 1. The molecule has 0 fully saturated rings. The van der Waals surface area contributed by atoms with Crippen LogP contribution in [0.4, 0.5) is 0 Å². The quantitative estimate of drug-likeness (QED) is 0.593. The highest BCUT2D eigenvalue weighted by Gasteiger charge is 2.08. The molecule has 0 saturated heterocycles. The van der Waals surface area contributed by atoms with Crippen LogP contribution in [0.15, 0.2) is 47.6 Å². The van der Waals surface area contributed by atoms with Crippen LogP contribution in [0.25, 0.3) is 11.0 Å². The zero-order valence-corrected chi connectivity index (χ0v) is 13.9. The molecule has 0 unspecified atom stereocenters. The van der Waals surface area contributed by atoms with Gasteiger partial charge in [-0.05, 0) is 44.5 Å². The molecule has 0 aliphatic carbocycles. The Hall–Kier alpha value is -3.02. The molecule has 1 N–H and O–H groups in total. The van der Waals surface area contributed by atoms with Crippen LogP contribution < -0.4 is 5.43 Å². The number of aryl methyl sites for hydroxylation is 2. The second-order valence-electron chi connectivity index (χ2n) is 5.79. The Morgan fingerprint density at radius 1 is 1.21 bits per heavy atom. The van der Waals surface area contributed by atoms with Crippen molar-refractivity contribution in [2.24, 2.45) is 5.10 Å². The van der Waals surface area contributed by atoms with E-state index in [9.17, 15) is 4.79 Å². The van der Waals surface area contributed by atoms with Gasteiger partial charge in [0.05, 0.1) is 11.2 Å². The number of amides is 1. The summed E-state index contributed by atoms with van der Waals surface area (Å²) >= 11 is 0. The lowest BCUT2D eigenvalue weighted by atomic mass is 10.0. The molecule has 0 aliphatic rings. The number of benzene rings is 2. The second-order valence-corrected chi connectivity index (χ2v) is 5.79. The summed E-state index contributed by atoms with van der Waals surface area (Å²) in [5.41, 5.74) is 8.26. The zero-order chi connectivity index (χ0) is 17.1. The molecule has 122 valence electrons. The van der Waals surface area contributed by atoms with E-state index < -0.39 is 0 Å². The van der Waals surface area contributed by atoms with Crippen LogP contribution in [0.5, 0.6) is 0 Å². The third-order valence-corrected chi connectivity index (χ3v) is 3.84. The van der Waals surface area contributed by atoms with Crippen LogP contribution in [-0.2, 0) is 11.3 Å². The van der Waals surface area contributed by atoms with Crippen LogP contribution in [-0.4, -0.2) is 26.6 Å². The monoisotopic (exact) mass is 321 g/mol. The number of nitrogens with one attached hydrogen (secondary N) is 1. The first-order chi connectivity index (χ1) is 11.5. The Morgan fingerprint density at radius 3 is 2.83 bits per heavy atom. The molecular formula is C18H19N5O. The summed E-state index contributed by atoms with van der Waals surface area (Å²) in [6, 6.07) is 13.7. The van der Waals surface area contributed by atoms with Crippen molar-refractivity contribution < 1.29 is 4.79 Å². The lowest BCUT2D eigenvalue weighted by Crippen LogP contribution is -2.25. The minimum Gasteiger partial charge on any atom is -0.271 e. The maximum atomic E-state index is 12.1. The van der Waals surface area contributed by atoms with Crippen molar-refractivity contribution >= 4 is 22.7 Å². The molecule has 3 aromatic rings. The lowest BCUT2D eigenvalue weighted by molar-refractivity contribution is -0.121. The largest absolute Gasteiger partial charge is 0.271 e. The van der Waals surface area contributed by atoms with Gasteiger partial charge in [0.15, 0.2) is 0 Å². The van der Waals surface area contributed by atoms with E-state index in [0.29, 0.717) is 0 Å². The first kappa shape index (κ1) is 15.9. The fourth-order valence-electron chi connectivity index (χ4n) is 2.54. The summed E-state index contributed by atoms with van der Waals surface area (Å²) in [7, 11) is 0. The Bertz CT molecular complexity index is 926. The minimum atomic E-state index is -0.240. The highest BCUT2D eigenvalue weighted by molar-refractivity contribution is 6.00. The molecular weight excluding hydrogens is 302 g/mol. The number of aromatic nitrogens is 3. The summed E-state index contributed by atoms with van der Waals surface area (Å²) in [6.07, 6.45) is 0. The number of fused-ring (bicyclic) bond motifs is 1. The summed E-state index contributed by atoms with van der Waals surface area (Å²) in [5, 5.41) is 12.2. The molecule has 3 rings (SSSR count). The van der Waals surface area contributed by atoms with Crippen LogP contribution in [0.1, 0.15) is 23.6 Å². The van der Waals surface area contributed by atoms with Crippen molar-refractivity contribution in [2.75, 3.05) is 0 Å². The molecule has 6 nitrogen and oxygen atoms in total. The Balaban J connectivity index is 1.72. The van der Waals surface area contributed by atoms with Crippen molar-refractivity contribution in [1.29, 1.82) is 0 Å². The number of rotatable bonds is 4. The third kappa shape index (κ3) is 3.32. The Labute approximate surface area is 140 Å². The van der Waals surface area contributed by atoms with Gasteiger partial charge in [0.25, 0.3) is 5.91 Å². The second kappa shape index (κ2) is 6.62. The number of hydrogen-bond donors (Lipinski definition) is 1. The summed E-state index contributed by atoms with van der Waals surface area (Å²) in [4.78, 5) is 12.1. The molecule has 1 heterocycles. The van der Waals surface area contributed by atoms with Gasteiger partial charge in [0, 0.05) is 5.56 Å². The number of nitrogens with zero attached hydrogens (tertiary/aromatic N) is 4. The van der Waals surface area contributed by atoms with Crippen molar-refractivity contribution in [3.63, 3.8) is 0 Å². The smallest absolute Gasteiger partial charge is 0.261 e. The average molecular weight is 321 g/mol. The van der Waals surface area contributed by atoms with Gasteiger partial charge in [-0.15, -0.1) is 5.10 Å². The fraction of sp³-hybridized carbons (Fsp3) is 0.222. The number of hydrogen-bond acceptors (Lipinski definition) is 4. The topological polar surface area (TPSA) is 72.2 Å². The summed E-state index contributed by atoms with van der Waals surface area (Å²) in [5.74, 6) is -0.240. The minimum absolute atomic E-state index is 0.0735. The zero-order valence-electron chi connectivity index (χ0n) is 13.9. The lowest BCUT2D eigenvalue weighted by Gasteiger charge is -2.07. The van der Waals surface area contributed by atoms with Crippen LogP contribution in [0.3, 0.4) is 0 Å². The molecule has 0 bridgehead atoms. The number of hydrazone groups is 1. The first-order valence-corrected chi connectivity index (χ1v) is 7.73. The van der Waals surface area contributed by atoms with Gasteiger partial charge < -0.3 is 0 Å². The number of carbonyl (C=O) groups excluding carboxylic acids is 1. The van der Waals surface area contributed by atoms with E-state index >= 15 is 0 Å². The van der Waals surface area contributed by atoms with Crippen molar-refractivity contribution in [1.82, 2.24) is 20.4 Å². The first-order valence-electron chi connectivity index (χ1n) is 7.73. The molecule has 0 aliphatic heterocycles. The standard InChI is InChI=1S/C18H19N5O/c1-12-8-9-13(2)15(10-12)14(3)19-21-18(24)11-23-17-7-5-4-6-16(17)20-22-23/h4-10H,11H2,1-3H3,(H,21,24)/b19-14-. The molecule has 0 radical (unpaired) electrons. The third-order valence-electron chi connectivity index (χ3n) is 3.84. The predicted octanol–water partition coefficient (Wildman–Crippen LogP) is 2.59. The van der Waals surface area contributed by atoms with Crippen LogP contribution in [0, 0.1) is 13.8 Å². The molecule has 0 saturated carbocycles. The van der Waals surface area contributed by atoms with Crippen LogP contribution >= 0.6 is 0 Å². The van der Waals surface area contributed by atoms with Gasteiger partial charge in [-0.3, -0.25) is 4.79 Å². The molecule has 24 heavy (non-hydrogen) atoms. The van der Waals surface area contributed by atoms with E-state index in [2.05, 4.69) is 33.0 Å². The van der Waals surface area contributed by atoms with E-state index in [1.807, 2.05) is 51.1 Å². The maximum absolute atomic E-state index is 12.1. The summed E-state index contributed by atoms with van der Waals surface area (Å²) in [6.45, 7) is 6.01. The van der Waals surface area contributed by atoms with Gasteiger partial charge in [-0.25, -0.2) is 10.1 Å². The molecule has 2 aromatic carbocycles. The van der Waals surface area contributed by atoms with E-state index in [1.165, 1.54) is 0 Å². The average Bonchev–Trinajstić information content (AvgIpc) is 2.98. The van der Waals surface area contributed by atoms with Crippen LogP contribution in [0.2, 0.25) is 0 Å². The highest BCUT2D eigenvalue weighted by Crippen LogP contribution is 2.12. The predicted molar refractivity (Wildman–Crippen MR) is 93.8 cm³/mol. The Kier molecular flexibility index (Phi) is 4.37. The molecule has 6 heteroatoms. The molecule has 0 spiro atoms. The van der Waals surface area contributed by atoms with Crippen molar-refractivity contribution in [3.8, 4) is 0 Å². The maximum Gasteiger partial charge on any atom is 0.261 e. The van der Waals surface area contributed by atoms with E-state index in [4.69, 9.17) is 0 Å². The Morgan fingerprint density at radius 2 is 2.00 bits per heavy atom. The van der Waals surface area contributed by atoms with E-state index in [-0.39, 0.29) is 12.5 Å². The van der Waals surface area contributed by atoms with Gasteiger partial charge in [-0.1, -0.05) is 35.0 Å². The van der Waals surface area contributed by atoms with Gasteiger partial charge in [0.1, 0.15) is 12.1 Å². The molecule has 1 aromatic heterocycles. The van der Waals surface area contributed by atoms with Crippen molar-refractivity contribution in [2.45, 2.75) is 27.3 Å². The SMILES string of the molecule is C/C(=N/NC(=O)Cn1nnc2ccccc21)c1cc(C)ccc1C. The van der Waals surface area contributed by atoms with Gasteiger partial charge in [0.2, 0.25) is 0 Å². The fourth-order valence-corrected chi connectivity index (χ4v) is 2.54. The normalized spacial score (nSPS) is 11.7. The van der Waals surface area contributed by atoms with Gasteiger partial charge >= 0.3 is 0 Å². The molecule has 1 amide bonds. The summed E-state index contributed by atoms with van der Waals surface area (Å²) < 4.78 is 1.56. The highest BCUT2D eigenvalue weighted by atomic mass is 16.2. The van der Waals surface area contributed by atoms with E-state index in [0.717, 1.165) is 33.4 Å².